The molecule has 29 heavy (non-hydrogen) atoms. The van der Waals surface area contributed by atoms with Crippen molar-refractivity contribution in [2.75, 3.05) is 33.1 Å². The number of nitrogens with zero attached hydrogens (tertiary/aromatic N) is 1. The van der Waals surface area contributed by atoms with E-state index in [9.17, 15) is 13.2 Å². The standard InChI is InChI=1S/C21H24N2O5S/c1-5-14-28-18-12-10-16(15-19(18)27-4)11-13-21(24)22-17-8-6-7-9-20(17)29(25,26)23(2)3/h5-13,15H,1,14H2,2-4H3,(H,22,24)/b13-11+. The molecule has 0 spiro atoms. The lowest BCUT2D eigenvalue weighted by atomic mass is 10.2. The molecule has 1 N–H and O–H groups in total. The molecule has 2 aromatic carbocycles. The molecular formula is C21H24N2O5S. The maximum atomic E-state index is 12.4. The molecule has 0 saturated heterocycles. The van der Waals surface area contributed by atoms with E-state index in [1.54, 1.807) is 42.5 Å². The van der Waals surface area contributed by atoms with E-state index in [1.165, 1.54) is 39.4 Å². The van der Waals surface area contributed by atoms with Crippen molar-refractivity contribution in [3.05, 3.63) is 66.8 Å². The van der Waals surface area contributed by atoms with Gasteiger partial charge in [-0.15, -0.1) is 0 Å². The molecule has 0 unspecified atom stereocenters. The Bertz CT molecular complexity index is 1010. The lowest BCUT2D eigenvalue weighted by molar-refractivity contribution is -0.111. The molecule has 0 heterocycles. The highest BCUT2D eigenvalue weighted by molar-refractivity contribution is 7.89. The molecule has 7 nitrogen and oxygen atoms in total. The average molecular weight is 416 g/mol. The van der Waals surface area contributed by atoms with Crippen molar-refractivity contribution in [3.63, 3.8) is 0 Å². The molecule has 0 aliphatic carbocycles. The molecule has 0 aromatic heterocycles. The quantitative estimate of drug-likeness (QED) is 0.501. The topological polar surface area (TPSA) is 84.9 Å². The second-order valence-electron chi connectivity index (χ2n) is 6.12. The second-order valence-corrected chi connectivity index (χ2v) is 8.24. The zero-order valence-corrected chi connectivity index (χ0v) is 17.4. The Morgan fingerprint density at radius 3 is 2.55 bits per heavy atom. The van der Waals surface area contributed by atoms with Gasteiger partial charge in [-0.3, -0.25) is 4.79 Å². The summed E-state index contributed by atoms with van der Waals surface area (Å²) in [6, 6.07) is 11.5. The van der Waals surface area contributed by atoms with Gasteiger partial charge >= 0.3 is 0 Å². The number of carbonyl (C=O) groups excluding carboxylic acids is 1. The Hall–Kier alpha value is -3.10. The zero-order chi connectivity index (χ0) is 21.4. The van der Waals surface area contributed by atoms with Gasteiger partial charge in [-0.05, 0) is 35.9 Å². The van der Waals surface area contributed by atoms with Gasteiger partial charge in [0.1, 0.15) is 11.5 Å². The first kappa shape index (κ1) is 22.2. The lowest BCUT2D eigenvalue weighted by Gasteiger charge is -2.15. The van der Waals surface area contributed by atoms with Gasteiger partial charge in [0.2, 0.25) is 15.9 Å². The van der Waals surface area contributed by atoms with E-state index >= 15 is 0 Å². The normalized spacial score (nSPS) is 11.4. The predicted octanol–water partition coefficient (Wildman–Crippen LogP) is 3.16. The highest BCUT2D eigenvalue weighted by atomic mass is 32.2. The van der Waals surface area contributed by atoms with E-state index in [-0.39, 0.29) is 10.6 Å². The zero-order valence-electron chi connectivity index (χ0n) is 16.6. The summed E-state index contributed by atoms with van der Waals surface area (Å²) in [5.74, 6) is 0.631. The summed E-state index contributed by atoms with van der Waals surface area (Å²) in [5.41, 5.74) is 0.929. The summed E-state index contributed by atoms with van der Waals surface area (Å²) in [4.78, 5) is 12.3. The number of rotatable bonds is 9. The summed E-state index contributed by atoms with van der Waals surface area (Å²) in [7, 11) is 0.710. The molecule has 0 radical (unpaired) electrons. The Kier molecular flexibility index (Phi) is 7.58. The molecule has 0 bridgehead atoms. The maximum Gasteiger partial charge on any atom is 0.248 e. The lowest BCUT2D eigenvalue weighted by Crippen LogP contribution is -2.24. The monoisotopic (exact) mass is 416 g/mol. The van der Waals surface area contributed by atoms with Gasteiger partial charge in [-0.25, -0.2) is 12.7 Å². The van der Waals surface area contributed by atoms with Crippen LogP contribution in [0.4, 0.5) is 5.69 Å². The van der Waals surface area contributed by atoms with Crippen LogP contribution in [0.1, 0.15) is 5.56 Å². The number of amides is 1. The van der Waals surface area contributed by atoms with Crippen LogP contribution in [-0.4, -0.2) is 46.4 Å². The van der Waals surface area contributed by atoms with Gasteiger partial charge in [0.25, 0.3) is 0 Å². The third-order valence-electron chi connectivity index (χ3n) is 3.88. The summed E-state index contributed by atoms with van der Waals surface area (Å²) in [6.45, 7) is 3.95. The minimum atomic E-state index is -3.68. The van der Waals surface area contributed by atoms with Gasteiger partial charge in [-0.1, -0.05) is 30.9 Å². The number of ether oxygens (including phenoxy) is 2. The molecule has 2 rings (SSSR count). The first-order chi connectivity index (χ1) is 13.8. The van der Waals surface area contributed by atoms with Crippen molar-refractivity contribution in [1.82, 2.24) is 4.31 Å². The molecule has 0 fully saturated rings. The van der Waals surface area contributed by atoms with Crippen LogP contribution in [0.25, 0.3) is 6.08 Å². The summed E-state index contributed by atoms with van der Waals surface area (Å²) in [5, 5.41) is 2.61. The van der Waals surface area contributed by atoms with Crippen LogP contribution in [0.5, 0.6) is 11.5 Å². The fourth-order valence-corrected chi connectivity index (χ4v) is 3.43. The van der Waals surface area contributed by atoms with Gasteiger partial charge in [0.15, 0.2) is 11.5 Å². The molecule has 154 valence electrons. The maximum absolute atomic E-state index is 12.4. The van der Waals surface area contributed by atoms with Crippen molar-refractivity contribution in [3.8, 4) is 11.5 Å². The largest absolute Gasteiger partial charge is 0.493 e. The van der Waals surface area contributed by atoms with E-state index in [4.69, 9.17) is 9.47 Å². The number of carbonyl (C=O) groups is 1. The number of nitrogens with one attached hydrogen (secondary N) is 1. The van der Waals surface area contributed by atoms with Crippen LogP contribution in [0.15, 0.2) is 66.1 Å². The Balaban J connectivity index is 2.18. The predicted molar refractivity (Wildman–Crippen MR) is 114 cm³/mol. The molecule has 0 atom stereocenters. The summed E-state index contributed by atoms with van der Waals surface area (Å²) < 4.78 is 36.7. The number of benzene rings is 2. The number of hydrogen-bond donors (Lipinski definition) is 1. The SMILES string of the molecule is C=CCOc1ccc(/C=C/C(=O)Nc2ccccc2S(=O)(=O)N(C)C)cc1OC. The molecule has 0 aliphatic heterocycles. The number of para-hydroxylation sites is 1. The van der Waals surface area contributed by atoms with Crippen molar-refractivity contribution in [2.24, 2.45) is 0 Å². The number of sulfonamides is 1. The van der Waals surface area contributed by atoms with Crippen LogP contribution in [-0.2, 0) is 14.8 Å². The Morgan fingerprint density at radius 1 is 1.17 bits per heavy atom. The van der Waals surface area contributed by atoms with Crippen molar-refractivity contribution >= 4 is 27.7 Å². The van der Waals surface area contributed by atoms with Crippen molar-refractivity contribution in [2.45, 2.75) is 4.90 Å². The molecule has 0 saturated carbocycles. The molecular weight excluding hydrogens is 392 g/mol. The smallest absolute Gasteiger partial charge is 0.248 e. The highest BCUT2D eigenvalue weighted by Crippen LogP contribution is 2.28. The molecule has 8 heteroatoms. The number of anilines is 1. The van der Waals surface area contributed by atoms with Crippen LogP contribution in [0, 0.1) is 0 Å². The highest BCUT2D eigenvalue weighted by Gasteiger charge is 2.21. The fourth-order valence-electron chi connectivity index (χ4n) is 2.39. The van der Waals surface area contributed by atoms with Crippen LogP contribution >= 0.6 is 0 Å². The Morgan fingerprint density at radius 2 is 1.90 bits per heavy atom. The first-order valence-electron chi connectivity index (χ1n) is 8.72. The van der Waals surface area contributed by atoms with Gasteiger partial charge in [0.05, 0.1) is 12.8 Å². The number of hydrogen-bond acceptors (Lipinski definition) is 5. The van der Waals surface area contributed by atoms with Gasteiger partial charge in [-0.2, -0.15) is 0 Å². The minimum absolute atomic E-state index is 0.0251. The molecule has 0 aliphatic rings. The fraction of sp³-hybridized carbons (Fsp3) is 0.190. The third-order valence-corrected chi connectivity index (χ3v) is 5.75. The van der Waals surface area contributed by atoms with E-state index < -0.39 is 15.9 Å². The van der Waals surface area contributed by atoms with Crippen molar-refractivity contribution < 1.29 is 22.7 Å². The van der Waals surface area contributed by atoms with E-state index in [0.717, 1.165) is 9.87 Å². The van der Waals surface area contributed by atoms with E-state index in [2.05, 4.69) is 11.9 Å². The average Bonchev–Trinajstić information content (AvgIpc) is 2.71. The summed E-state index contributed by atoms with van der Waals surface area (Å²) >= 11 is 0. The summed E-state index contributed by atoms with van der Waals surface area (Å²) in [6.07, 6.45) is 4.54. The van der Waals surface area contributed by atoms with Crippen LogP contribution < -0.4 is 14.8 Å². The second kappa shape index (κ2) is 9.90. The minimum Gasteiger partial charge on any atom is -0.493 e. The first-order valence-corrected chi connectivity index (χ1v) is 10.2. The van der Waals surface area contributed by atoms with Crippen LogP contribution in [0.2, 0.25) is 0 Å². The number of methoxy groups -OCH3 is 1. The van der Waals surface area contributed by atoms with E-state index in [1.807, 2.05) is 0 Å². The third kappa shape index (κ3) is 5.69. The molecule has 1 amide bonds. The van der Waals surface area contributed by atoms with Gasteiger partial charge in [0, 0.05) is 20.2 Å². The van der Waals surface area contributed by atoms with Gasteiger partial charge < -0.3 is 14.8 Å². The Labute approximate surface area is 171 Å². The van der Waals surface area contributed by atoms with E-state index in [0.29, 0.717) is 18.1 Å². The molecule has 2 aromatic rings. The van der Waals surface area contributed by atoms with Crippen LogP contribution in [0.3, 0.4) is 0 Å². The van der Waals surface area contributed by atoms with Crippen molar-refractivity contribution in [1.29, 1.82) is 0 Å².